The molecule has 0 radical (unpaired) electrons. The molecule has 0 atom stereocenters. The highest BCUT2D eigenvalue weighted by Crippen LogP contribution is 2.41. The lowest BCUT2D eigenvalue weighted by molar-refractivity contribution is 1.29. The lowest BCUT2D eigenvalue weighted by atomic mass is 9.89. The summed E-state index contributed by atoms with van der Waals surface area (Å²) in [5, 5.41) is 10.4. The predicted octanol–water partition coefficient (Wildman–Crippen LogP) is 10.9. The minimum absolute atomic E-state index is 1.15. The van der Waals surface area contributed by atoms with Gasteiger partial charge in [0.25, 0.3) is 0 Å². The average molecular weight is 496 g/mol. The molecule has 0 heterocycles. The van der Waals surface area contributed by atoms with Crippen LogP contribution in [0, 0.1) is 0 Å². The van der Waals surface area contributed by atoms with E-state index in [4.69, 9.17) is 0 Å². The molecule has 0 amide bonds. The number of benzene rings is 8. The number of hydrogen-bond acceptors (Lipinski definition) is 1. The van der Waals surface area contributed by atoms with Crippen LogP contribution in [0.1, 0.15) is 0 Å². The first kappa shape index (κ1) is 21.9. The van der Waals surface area contributed by atoms with Crippen LogP contribution in [0.3, 0.4) is 0 Å². The van der Waals surface area contributed by atoms with E-state index in [1.807, 2.05) is 0 Å². The molecule has 0 aromatic heterocycles. The van der Waals surface area contributed by atoms with Crippen LogP contribution in [0.2, 0.25) is 0 Å². The molecule has 0 spiro atoms. The molecule has 0 saturated heterocycles. The van der Waals surface area contributed by atoms with E-state index >= 15 is 0 Å². The molecule has 8 rings (SSSR count). The minimum atomic E-state index is 1.15. The predicted molar refractivity (Wildman–Crippen MR) is 168 cm³/mol. The van der Waals surface area contributed by atoms with Crippen molar-refractivity contribution < 1.29 is 0 Å². The van der Waals surface area contributed by atoms with E-state index in [0.717, 1.165) is 17.1 Å². The fraction of sp³-hybridized carbons (Fsp3) is 0. The maximum absolute atomic E-state index is 2.33. The second-order valence-corrected chi connectivity index (χ2v) is 10.2. The van der Waals surface area contributed by atoms with Crippen molar-refractivity contribution in [1.82, 2.24) is 0 Å². The first-order valence-corrected chi connectivity index (χ1v) is 13.4. The van der Waals surface area contributed by atoms with Crippen LogP contribution in [0.5, 0.6) is 0 Å². The van der Waals surface area contributed by atoms with Gasteiger partial charge >= 0.3 is 0 Å². The summed E-state index contributed by atoms with van der Waals surface area (Å²) in [6, 6.07) is 55.0. The maximum Gasteiger partial charge on any atom is 0.0468 e. The lowest BCUT2D eigenvalue weighted by Gasteiger charge is -2.25. The number of hydrogen-bond donors (Lipinski definition) is 0. The van der Waals surface area contributed by atoms with Crippen molar-refractivity contribution in [2.75, 3.05) is 4.90 Å². The molecule has 0 aliphatic rings. The van der Waals surface area contributed by atoms with E-state index in [-0.39, 0.29) is 0 Å². The Morgan fingerprint density at radius 3 is 1.62 bits per heavy atom. The standard InChI is InChI=1S/C38H25N/c1-3-10-32(11-4-1)39(33-12-5-2-6-13-33)34-21-18-29-24-31(17-16-30(29)25-34)35-22-19-28-15-14-26-8-7-9-27-20-23-36(35)38(28)37(26)27/h1-25H. The van der Waals surface area contributed by atoms with Crippen molar-refractivity contribution in [3.8, 4) is 11.1 Å². The summed E-state index contributed by atoms with van der Waals surface area (Å²) in [4.78, 5) is 2.31. The topological polar surface area (TPSA) is 3.24 Å². The Kier molecular flexibility index (Phi) is 4.89. The first-order valence-electron chi connectivity index (χ1n) is 13.4. The molecule has 0 fully saturated rings. The zero-order chi connectivity index (χ0) is 25.8. The Hall–Kier alpha value is -5.14. The quantitative estimate of drug-likeness (QED) is 0.219. The lowest BCUT2D eigenvalue weighted by Crippen LogP contribution is -2.09. The van der Waals surface area contributed by atoms with Crippen molar-refractivity contribution in [3.05, 3.63) is 152 Å². The van der Waals surface area contributed by atoms with Crippen LogP contribution in [0.25, 0.3) is 54.2 Å². The van der Waals surface area contributed by atoms with Crippen LogP contribution >= 0.6 is 0 Å². The fourth-order valence-corrected chi connectivity index (χ4v) is 6.13. The molecule has 0 aliphatic heterocycles. The first-order chi connectivity index (χ1) is 19.3. The van der Waals surface area contributed by atoms with Crippen molar-refractivity contribution in [2.24, 2.45) is 0 Å². The van der Waals surface area contributed by atoms with E-state index in [1.165, 1.54) is 54.2 Å². The molecular formula is C38H25N. The molecule has 1 heteroatoms. The molecule has 39 heavy (non-hydrogen) atoms. The smallest absolute Gasteiger partial charge is 0.0468 e. The van der Waals surface area contributed by atoms with Crippen LogP contribution in [-0.4, -0.2) is 0 Å². The highest BCUT2D eigenvalue weighted by Gasteiger charge is 2.14. The third kappa shape index (κ3) is 3.55. The van der Waals surface area contributed by atoms with Gasteiger partial charge in [0.2, 0.25) is 0 Å². The van der Waals surface area contributed by atoms with Crippen LogP contribution < -0.4 is 4.90 Å². The van der Waals surface area contributed by atoms with Gasteiger partial charge in [-0.05, 0) is 96.7 Å². The fourth-order valence-electron chi connectivity index (χ4n) is 6.13. The molecule has 0 saturated carbocycles. The number of rotatable bonds is 4. The van der Waals surface area contributed by atoms with E-state index < -0.39 is 0 Å². The summed E-state index contributed by atoms with van der Waals surface area (Å²) in [7, 11) is 0. The van der Waals surface area contributed by atoms with Gasteiger partial charge < -0.3 is 4.90 Å². The summed E-state index contributed by atoms with van der Waals surface area (Å²) in [6.45, 7) is 0. The minimum Gasteiger partial charge on any atom is -0.310 e. The van der Waals surface area contributed by atoms with E-state index in [9.17, 15) is 0 Å². The third-order valence-corrected chi connectivity index (χ3v) is 7.95. The van der Waals surface area contributed by atoms with Crippen LogP contribution in [0.4, 0.5) is 17.1 Å². The van der Waals surface area contributed by atoms with Crippen molar-refractivity contribution >= 4 is 60.2 Å². The molecule has 1 nitrogen and oxygen atoms in total. The third-order valence-electron chi connectivity index (χ3n) is 7.95. The number of nitrogens with zero attached hydrogens (tertiary/aromatic N) is 1. The highest BCUT2D eigenvalue weighted by molar-refractivity contribution is 6.25. The van der Waals surface area contributed by atoms with Gasteiger partial charge in [-0.1, -0.05) is 109 Å². The molecule has 0 unspecified atom stereocenters. The van der Waals surface area contributed by atoms with Gasteiger partial charge in [0.05, 0.1) is 0 Å². The molecule has 0 aliphatic carbocycles. The molecule has 0 N–H and O–H groups in total. The maximum atomic E-state index is 2.33. The van der Waals surface area contributed by atoms with Gasteiger partial charge in [-0.2, -0.15) is 0 Å². The van der Waals surface area contributed by atoms with E-state index in [0.29, 0.717) is 0 Å². The van der Waals surface area contributed by atoms with Gasteiger partial charge in [-0.3, -0.25) is 0 Å². The normalized spacial score (nSPS) is 11.6. The molecule has 0 bridgehead atoms. The summed E-state index contributed by atoms with van der Waals surface area (Å²) < 4.78 is 0. The van der Waals surface area contributed by atoms with Crippen LogP contribution in [-0.2, 0) is 0 Å². The van der Waals surface area contributed by atoms with Gasteiger partial charge in [-0.15, -0.1) is 0 Å². The number of fused-ring (bicyclic) bond motifs is 1. The van der Waals surface area contributed by atoms with Gasteiger partial charge in [0.15, 0.2) is 0 Å². The highest BCUT2D eigenvalue weighted by atomic mass is 15.1. The second kappa shape index (κ2) is 8.72. The zero-order valence-electron chi connectivity index (χ0n) is 21.4. The SMILES string of the molecule is c1ccc(N(c2ccccc2)c2ccc3cc(-c4ccc5ccc6cccc7ccc4c5c67)ccc3c2)cc1. The molecule has 8 aromatic rings. The van der Waals surface area contributed by atoms with Crippen LogP contribution in [0.15, 0.2) is 152 Å². The number of para-hydroxylation sites is 2. The van der Waals surface area contributed by atoms with Crippen molar-refractivity contribution in [1.29, 1.82) is 0 Å². The summed E-state index contributed by atoms with van der Waals surface area (Å²) in [5.74, 6) is 0. The largest absolute Gasteiger partial charge is 0.310 e. The Balaban J connectivity index is 1.27. The van der Waals surface area contributed by atoms with E-state index in [1.54, 1.807) is 0 Å². The Bertz CT molecular complexity index is 2050. The Labute approximate surface area is 227 Å². The Morgan fingerprint density at radius 2 is 0.897 bits per heavy atom. The summed E-state index contributed by atoms with van der Waals surface area (Å²) >= 11 is 0. The molecule has 182 valence electrons. The van der Waals surface area contributed by atoms with Crippen molar-refractivity contribution in [3.63, 3.8) is 0 Å². The zero-order valence-corrected chi connectivity index (χ0v) is 21.4. The summed E-state index contributed by atoms with van der Waals surface area (Å²) in [5.41, 5.74) is 5.97. The van der Waals surface area contributed by atoms with Gasteiger partial charge in [0.1, 0.15) is 0 Å². The van der Waals surface area contributed by atoms with Crippen molar-refractivity contribution in [2.45, 2.75) is 0 Å². The average Bonchev–Trinajstić information content (AvgIpc) is 3.01. The molecule has 8 aromatic carbocycles. The Morgan fingerprint density at radius 1 is 0.333 bits per heavy atom. The van der Waals surface area contributed by atoms with E-state index in [2.05, 4.69) is 157 Å². The van der Waals surface area contributed by atoms with Gasteiger partial charge in [-0.25, -0.2) is 0 Å². The number of anilines is 3. The summed E-state index contributed by atoms with van der Waals surface area (Å²) in [6.07, 6.45) is 0. The monoisotopic (exact) mass is 495 g/mol. The second-order valence-electron chi connectivity index (χ2n) is 10.2. The van der Waals surface area contributed by atoms with Gasteiger partial charge in [0, 0.05) is 17.1 Å². The molecular weight excluding hydrogens is 470 g/mol.